The number of likely N-dealkylation sites (tertiary alicyclic amines) is 1. The van der Waals surface area contributed by atoms with Crippen molar-refractivity contribution in [3.05, 3.63) is 41.8 Å². The summed E-state index contributed by atoms with van der Waals surface area (Å²) < 4.78 is 15.0. The molecule has 2 atom stereocenters. The van der Waals surface area contributed by atoms with Gasteiger partial charge in [-0.25, -0.2) is 9.37 Å². The second-order valence-electron chi connectivity index (χ2n) is 10.2. The molecule has 3 fully saturated rings. The molecular weight excluding hydrogens is 461 g/mol. The summed E-state index contributed by atoms with van der Waals surface area (Å²) in [5.41, 5.74) is 0.522. The summed E-state index contributed by atoms with van der Waals surface area (Å²) in [5.74, 6) is 0.180. The smallest absolute Gasteiger partial charge is 0.256 e. The van der Waals surface area contributed by atoms with E-state index in [1.165, 1.54) is 12.1 Å². The first kappa shape index (κ1) is 24.4. The Balaban J connectivity index is 1.32. The van der Waals surface area contributed by atoms with E-state index in [0.29, 0.717) is 43.1 Å². The third kappa shape index (κ3) is 5.00. The Bertz CT molecular complexity index is 1120. The van der Waals surface area contributed by atoms with Crippen LogP contribution < -0.4 is 15.5 Å². The van der Waals surface area contributed by atoms with E-state index in [1.807, 2.05) is 20.2 Å². The van der Waals surface area contributed by atoms with Crippen LogP contribution in [0.1, 0.15) is 48.9 Å². The molecule has 9 nitrogen and oxygen atoms in total. The fraction of sp³-hybridized carbons (Fsp3) is 0.538. The average Bonchev–Trinajstić information content (AvgIpc) is 3.63. The molecular formula is C26H34FN7O2. The van der Waals surface area contributed by atoms with Crippen molar-refractivity contribution in [1.29, 1.82) is 0 Å². The third-order valence-electron chi connectivity index (χ3n) is 7.62. The van der Waals surface area contributed by atoms with Crippen molar-refractivity contribution < 1.29 is 14.0 Å². The molecule has 0 spiro atoms. The number of anilines is 3. The molecule has 2 amide bonds. The standard InChI is InChI=1S/C26H34FN7O2/c1-32(2)19-11-14-33(16-19)25(36)20-8-7-17(15-21(20)27)30-26-29-13-10-23(31-26)34(18-5-3-4-6-18)22-9-12-28-24(22)35/h7-8,10,13,15,18-19,22H,3-6,9,11-12,14,16H2,1-2H3,(H,28,35)(H,29,30,31)/t19-,22?/m0/s1. The molecule has 3 heterocycles. The Morgan fingerprint density at radius 2 is 1.94 bits per heavy atom. The van der Waals surface area contributed by atoms with Crippen molar-refractivity contribution in [2.45, 2.75) is 56.7 Å². The van der Waals surface area contributed by atoms with E-state index in [1.54, 1.807) is 17.2 Å². The molecule has 2 N–H and O–H groups in total. The number of carbonyl (C=O) groups excluding carboxylic acids is 2. The second kappa shape index (κ2) is 10.4. The molecule has 2 aromatic rings. The number of hydrogen-bond acceptors (Lipinski definition) is 7. The van der Waals surface area contributed by atoms with Gasteiger partial charge in [0.05, 0.1) is 5.56 Å². The number of rotatable bonds is 7. The quantitative estimate of drug-likeness (QED) is 0.610. The maximum absolute atomic E-state index is 15.0. The van der Waals surface area contributed by atoms with Gasteiger partial charge >= 0.3 is 0 Å². The summed E-state index contributed by atoms with van der Waals surface area (Å²) in [4.78, 5) is 40.3. The molecule has 1 aromatic heterocycles. The van der Waals surface area contributed by atoms with E-state index in [2.05, 4.69) is 30.4 Å². The number of nitrogens with zero attached hydrogens (tertiary/aromatic N) is 5. The first-order chi connectivity index (χ1) is 17.4. The summed E-state index contributed by atoms with van der Waals surface area (Å²) in [5, 5.41) is 6.00. The molecule has 1 aromatic carbocycles. The fourth-order valence-electron chi connectivity index (χ4n) is 5.60. The maximum atomic E-state index is 15.0. The highest BCUT2D eigenvalue weighted by atomic mass is 19.1. The molecule has 0 bridgehead atoms. The van der Waals surface area contributed by atoms with E-state index in [4.69, 9.17) is 0 Å². The lowest BCUT2D eigenvalue weighted by molar-refractivity contribution is -0.120. The first-order valence-corrected chi connectivity index (χ1v) is 12.8. The number of likely N-dealkylation sites (N-methyl/N-ethyl adjacent to an activating group) is 1. The van der Waals surface area contributed by atoms with E-state index in [-0.39, 0.29) is 29.5 Å². The van der Waals surface area contributed by atoms with Crippen molar-refractivity contribution in [1.82, 2.24) is 25.1 Å². The van der Waals surface area contributed by atoms with Crippen LogP contribution >= 0.6 is 0 Å². The lowest BCUT2D eigenvalue weighted by Gasteiger charge is -2.34. The van der Waals surface area contributed by atoms with Crippen LogP contribution in [0.25, 0.3) is 0 Å². The number of aromatic nitrogens is 2. The largest absolute Gasteiger partial charge is 0.354 e. The Kier molecular flexibility index (Phi) is 7.04. The zero-order valence-corrected chi connectivity index (χ0v) is 20.9. The summed E-state index contributed by atoms with van der Waals surface area (Å²) in [6.07, 6.45) is 7.63. The van der Waals surface area contributed by atoms with Gasteiger partial charge in [-0.1, -0.05) is 12.8 Å². The van der Waals surface area contributed by atoms with Crippen LogP contribution in [0.15, 0.2) is 30.5 Å². The minimum atomic E-state index is -0.579. The predicted octanol–water partition coefficient (Wildman–Crippen LogP) is 2.77. The zero-order chi connectivity index (χ0) is 25.2. The molecule has 192 valence electrons. The summed E-state index contributed by atoms with van der Waals surface area (Å²) in [6, 6.07) is 6.64. The lowest BCUT2D eigenvalue weighted by Crippen LogP contribution is -2.46. The fourth-order valence-corrected chi connectivity index (χ4v) is 5.60. The highest BCUT2D eigenvalue weighted by Gasteiger charge is 2.37. The van der Waals surface area contributed by atoms with Gasteiger partial charge in [-0.2, -0.15) is 4.98 Å². The van der Waals surface area contributed by atoms with Gasteiger partial charge < -0.3 is 25.3 Å². The second-order valence-corrected chi connectivity index (χ2v) is 10.2. The highest BCUT2D eigenvalue weighted by Crippen LogP contribution is 2.31. The zero-order valence-electron chi connectivity index (χ0n) is 20.9. The molecule has 1 unspecified atom stereocenters. The summed E-state index contributed by atoms with van der Waals surface area (Å²) in [6.45, 7) is 1.89. The molecule has 1 saturated carbocycles. The van der Waals surface area contributed by atoms with Gasteiger partial charge in [0.15, 0.2) is 0 Å². The Morgan fingerprint density at radius 1 is 1.14 bits per heavy atom. The van der Waals surface area contributed by atoms with Crippen molar-refractivity contribution in [2.24, 2.45) is 0 Å². The van der Waals surface area contributed by atoms with Crippen LogP contribution in [0.4, 0.5) is 21.8 Å². The maximum Gasteiger partial charge on any atom is 0.256 e. The van der Waals surface area contributed by atoms with E-state index < -0.39 is 5.82 Å². The van der Waals surface area contributed by atoms with Gasteiger partial charge in [0.2, 0.25) is 11.9 Å². The molecule has 1 aliphatic carbocycles. The van der Waals surface area contributed by atoms with E-state index >= 15 is 0 Å². The molecule has 36 heavy (non-hydrogen) atoms. The Labute approximate surface area is 211 Å². The average molecular weight is 496 g/mol. The van der Waals surface area contributed by atoms with Crippen LogP contribution in [-0.2, 0) is 4.79 Å². The number of nitrogens with one attached hydrogen (secondary N) is 2. The molecule has 10 heteroatoms. The molecule has 5 rings (SSSR count). The monoisotopic (exact) mass is 495 g/mol. The minimum absolute atomic E-state index is 0.0345. The molecule has 0 radical (unpaired) electrons. The molecule has 2 aliphatic heterocycles. The van der Waals surface area contributed by atoms with Gasteiger partial charge in [-0.05, 0) is 64.0 Å². The van der Waals surface area contributed by atoms with Gasteiger partial charge in [0.1, 0.15) is 17.7 Å². The Morgan fingerprint density at radius 3 is 2.61 bits per heavy atom. The Hall–Kier alpha value is -3.27. The van der Waals surface area contributed by atoms with Crippen LogP contribution in [0.2, 0.25) is 0 Å². The normalized spacial score (nSPS) is 22.3. The summed E-state index contributed by atoms with van der Waals surface area (Å²) >= 11 is 0. The van der Waals surface area contributed by atoms with E-state index in [0.717, 1.165) is 38.5 Å². The van der Waals surface area contributed by atoms with Crippen molar-refractivity contribution in [3.63, 3.8) is 0 Å². The number of benzene rings is 1. The minimum Gasteiger partial charge on any atom is -0.354 e. The van der Waals surface area contributed by atoms with E-state index in [9.17, 15) is 14.0 Å². The van der Waals surface area contributed by atoms with Crippen LogP contribution in [0.5, 0.6) is 0 Å². The summed E-state index contributed by atoms with van der Waals surface area (Å²) in [7, 11) is 3.98. The van der Waals surface area contributed by atoms with Crippen LogP contribution in [0, 0.1) is 5.82 Å². The highest BCUT2D eigenvalue weighted by molar-refractivity contribution is 5.95. The SMILES string of the molecule is CN(C)[C@H]1CCN(C(=O)c2ccc(Nc3nccc(N(C4CCCC4)C4CCNC4=O)n3)cc2F)C1. The lowest BCUT2D eigenvalue weighted by atomic mass is 10.1. The van der Waals surface area contributed by atoms with Crippen molar-refractivity contribution in [3.8, 4) is 0 Å². The molecule has 2 saturated heterocycles. The van der Waals surface area contributed by atoms with Crippen molar-refractivity contribution >= 4 is 29.3 Å². The van der Waals surface area contributed by atoms with Gasteiger partial charge in [-0.3, -0.25) is 9.59 Å². The topological polar surface area (TPSA) is 93.7 Å². The number of halogens is 1. The van der Waals surface area contributed by atoms with Crippen LogP contribution in [0.3, 0.4) is 0 Å². The number of hydrogen-bond donors (Lipinski definition) is 2. The predicted molar refractivity (Wildman–Crippen MR) is 136 cm³/mol. The number of amides is 2. The van der Waals surface area contributed by atoms with Crippen molar-refractivity contribution in [2.75, 3.05) is 43.9 Å². The molecule has 3 aliphatic rings. The van der Waals surface area contributed by atoms with Gasteiger partial charge in [0, 0.05) is 43.6 Å². The van der Waals surface area contributed by atoms with Gasteiger partial charge in [0.25, 0.3) is 5.91 Å². The third-order valence-corrected chi connectivity index (χ3v) is 7.62. The van der Waals surface area contributed by atoms with Crippen LogP contribution in [-0.4, -0.2) is 83.4 Å². The number of carbonyl (C=O) groups is 2. The van der Waals surface area contributed by atoms with Gasteiger partial charge in [-0.15, -0.1) is 0 Å². The first-order valence-electron chi connectivity index (χ1n) is 12.8.